The molecule has 3 aromatic carbocycles. The van der Waals surface area contributed by atoms with E-state index in [2.05, 4.69) is 44.4 Å². The fraction of sp³-hybridized carbons (Fsp3) is 0.213. The molecular formula is C47H41ClF7N11O20S2. The number of nitro groups is 1. The van der Waals surface area contributed by atoms with E-state index >= 15 is 0 Å². The zero-order valence-electron chi connectivity index (χ0n) is 44.9. The highest BCUT2D eigenvalue weighted by Crippen LogP contribution is 2.37. The number of pyridine rings is 1. The quantitative estimate of drug-likeness (QED) is 0.0215. The lowest BCUT2D eigenvalue weighted by atomic mass is 10.1. The fourth-order valence-corrected chi connectivity index (χ4v) is 8.48. The first-order valence-corrected chi connectivity index (χ1v) is 26.6. The number of carboxylic acids is 1. The number of anilines is 2. The van der Waals surface area contributed by atoms with Crippen LogP contribution in [0.1, 0.15) is 43.6 Å². The van der Waals surface area contributed by atoms with Crippen molar-refractivity contribution >= 4 is 85.1 Å². The molecule has 0 aliphatic carbocycles. The standard InChI is InChI=1S/C18H13ClF3NO7.C15H18N6O6S.C14H10F4N4O7S/c1-2-28-16(24)9-29-17(25)12-8-11(4-5-14(12)23(26)27)30-15-6-3-10(7-13(15)19)18(20,21)22;1-21(2)13(22)9-6-5-7-16-12(9)28(24,25)20-15(23)19-14-17-10(26-3)8-11(18-14)27-4;15-11(16)28-8-5-9(29-12(17)18)20-13(19-8)21-14(25)22-30(26,27)7-4-2-1-3-6(7)10(23)24/h3-8H,2,9H2,1H3;5-8H,1-4H3,(H2,17,18,19,20,23);1-5,11-12H,(H,23,24)(H2,19,20,21,22,25). The van der Waals surface area contributed by atoms with Crippen molar-refractivity contribution in [3.05, 3.63) is 129 Å². The van der Waals surface area contributed by atoms with Gasteiger partial charge >= 0.3 is 49.4 Å². The molecule has 5 amide bonds. The third-order valence-electron chi connectivity index (χ3n) is 9.67. The average molecular weight is 1310 g/mol. The molecule has 0 atom stereocenters. The molecule has 0 bridgehead atoms. The van der Waals surface area contributed by atoms with E-state index in [1.54, 1.807) is 10.0 Å². The van der Waals surface area contributed by atoms with Crippen molar-refractivity contribution in [3.8, 4) is 35.0 Å². The number of hydrogen-bond donors (Lipinski definition) is 5. The predicted molar refractivity (Wildman–Crippen MR) is 281 cm³/mol. The van der Waals surface area contributed by atoms with Gasteiger partial charge in [0.05, 0.1) is 59.6 Å². The number of carbonyl (C=O) groups is 6. The van der Waals surface area contributed by atoms with E-state index in [1.807, 2.05) is 0 Å². The number of sulfonamides is 2. The number of nitrogens with one attached hydrogen (secondary N) is 4. The number of urea groups is 2. The number of halogens is 8. The van der Waals surface area contributed by atoms with Gasteiger partial charge in [0.1, 0.15) is 22.0 Å². The molecule has 472 valence electrons. The molecule has 0 fully saturated rings. The highest BCUT2D eigenvalue weighted by atomic mass is 35.5. The fourth-order valence-electron chi connectivity index (χ4n) is 6.11. The maximum absolute atomic E-state index is 12.7. The summed E-state index contributed by atoms with van der Waals surface area (Å²) in [6.45, 7) is -5.99. The molecule has 0 aliphatic heterocycles. The summed E-state index contributed by atoms with van der Waals surface area (Å²) in [6, 6.07) is 11.5. The monoisotopic (exact) mass is 1310 g/mol. The first-order chi connectivity index (χ1) is 41.2. The van der Waals surface area contributed by atoms with Crippen molar-refractivity contribution in [2.45, 2.75) is 36.2 Å². The Balaban J connectivity index is 0.000000283. The highest BCUT2D eigenvalue weighted by molar-refractivity contribution is 7.90. The van der Waals surface area contributed by atoms with Gasteiger partial charge in [-0.05, 0) is 55.5 Å². The van der Waals surface area contributed by atoms with E-state index in [-0.39, 0.29) is 46.4 Å². The second kappa shape index (κ2) is 31.0. The first kappa shape index (κ1) is 70.0. The molecule has 3 aromatic heterocycles. The van der Waals surface area contributed by atoms with E-state index in [4.69, 9.17) is 35.7 Å². The number of rotatable bonds is 21. The average Bonchev–Trinajstić information content (AvgIpc) is 1.20. The van der Waals surface area contributed by atoms with Crippen LogP contribution in [0.3, 0.4) is 0 Å². The van der Waals surface area contributed by atoms with Crippen molar-refractivity contribution in [1.29, 1.82) is 0 Å². The molecule has 0 radical (unpaired) electrons. The summed E-state index contributed by atoms with van der Waals surface area (Å²) in [7, 11) is -3.56. The van der Waals surface area contributed by atoms with Crippen LogP contribution in [0, 0.1) is 10.1 Å². The lowest BCUT2D eigenvalue weighted by molar-refractivity contribution is -0.385. The Hall–Kier alpha value is -10.5. The molecule has 0 aliphatic rings. The Morgan fingerprint density at radius 3 is 1.75 bits per heavy atom. The van der Waals surface area contributed by atoms with Gasteiger partial charge < -0.3 is 43.2 Å². The molecular weight excluding hydrogens is 1270 g/mol. The maximum atomic E-state index is 12.7. The van der Waals surface area contributed by atoms with E-state index in [0.717, 1.165) is 42.5 Å². The molecule has 5 N–H and O–H groups in total. The second-order valence-electron chi connectivity index (χ2n) is 15.9. The number of alkyl halides is 7. The number of nitro benzene ring substituents is 1. The minimum Gasteiger partial charge on any atom is -0.481 e. The van der Waals surface area contributed by atoms with E-state index in [1.165, 1.54) is 81.4 Å². The number of nitrogens with zero attached hydrogens (tertiary/aromatic N) is 7. The van der Waals surface area contributed by atoms with Gasteiger partial charge in [-0.1, -0.05) is 23.7 Å². The minimum atomic E-state index is -4.71. The maximum Gasteiger partial charge on any atom is 0.416 e. The topological polar surface area (TPSA) is 414 Å². The Morgan fingerprint density at radius 1 is 0.716 bits per heavy atom. The lowest BCUT2D eigenvalue weighted by Gasteiger charge is -2.14. The summed E-state index contributed by atoms with van der Waals surface area (Å²) in [6.07, 6.45) is -3.42. The van der Waals surface area contributed by atoms with Crippen LogP contribution in [0.15, 0.2) is 101 Å². The number of carbonyl (C=O) groups excluding carboxylic acids is 5. The Morgan fingerprint density at radius 2 is 1.25 bits per heavy atom. The number of benzene rings is 3. The van der Waals surface area contributed by atoms with Crippen molar-refractivity contribution in [1.82, 2.24) is 39.3 Å². The van der Waals surface area contributed by atoms with Gasteiger partial charge in [0.25, 0.3) is 31.6 Å². The largest absolute Gasteiger partial charge is 0.481 e. The molecule has 88 heavy (non-hydrogen) atoms. The van der Waals surface area contributed by atoms with Crippen LogP contribution >= 0.6 is 11.6 Å². The number of carboxylic acid groups (broad SMARTS) is 1. The number of esters is 2. The van der Waals surface area contributed by atoms with Gasteiger partial charge in [-0.15, -0.1) is 0 Å². The van der Waals surface area contributed by atoms with Gasteiger partial charge in [-0.3, -0.25) is 25.5 Å². The lowest BCUT2D eigenvalue weighted by Crippen LogP contribution is -2.36. The number of amides is 5. The van der Waals surface area contributed by atoms with Gasteiger partial charge in [0, 0.05) is 32.4 Å². The number of aromatic nitrogens is 5. The van der Waals surface area contributed by atoms with Crippen LogP contribution < -0.4 is 43.8 Å². The molecule has 6 aromatic rings. The zero-order chi connectivity index (χ0) is 65.8. The van der Waals surface area contributed by atoms with Crippen molar-refractivity contribution in [2.24, 2.45) is 0 Å². The molecule has 3 heterocycles. The Bertz CT molecular complexity index is 3750. The third-order valence-corrected chi connectivity index (χ3v) is 12.6. The van der Waals surface area contributed by atoms with Gasteiger partial charge in [-0.25, -0.2) is 46.8 Å². The number of hydrogen-bond acceptors (Lipinski definition) is 24. The summed E-state index contributed by atoms with van der Waals surface area (Å²) >= 11 is 5.81. The highest BCUT2D eigenvalue weighted by Gasteiger charge is 2.32. The van der Waals surface area contributed by atoms with Crippen molar-refractivity contribution in [3.63, 3.8) is 0 Å². The summed E-state index contributed by atoms with van der Waals surface area (Å²) < 4.78 is 173. The molecule has 0 saturated carbocycles. The van der Waals surface area contributed by atoms with Crippen LogP contribution in [0.2, 0.25) is 5.02 Å². The number of ether oxygens (including phenoxy) is 7. The van der Waals surface area contributed by atoms with E-state index in [0.29, 0.717) is 12.1 Å². The molecule has 31 nitrogen and oxygen atoms in total. The molecule has 6 rings (SSSR count). The van der Waals surface area contributed by atoms with Crippen LogP contribution in [0.25, 0.3) is 0 Å². The van der Waals surface area contributed by atoms with E-state index in [9.17, 15) is 86.5 Å². The van der Waals surface area contributed by atoms with E-state index < -0.39 is 137 Å². The second-order valence-corrected chi connectivity index (χ2v) is 19.6. The van der Waals surface area contributed by atoms with Gasteiger partial charge in [0.2, 0.25) is 35.4 Å². The molecule has 0 unspecified atom stereocenters. The first-order valence-electron chi connectivity index (χ1n) is 23.3. The number of methoxy groups -OCH3 is 2. The Kier molecular flexibility index (Phi) is 24.7. The zero-order valence-corrected chi connectivity index (χ0v) is 47.3. The van der Waals surface area contributed by atoms with Gasteiger partial charge in [0.15, 0.2) is 11.6 Å². The summed E-state index contributed by atoms with van der Waals surface area (Å²) in [5.74, 6) is -7.47. The SMILES string of the molecule is CCOC(=O)COC(=O)c1cc(Oc2ccc(C(F)(F)F)cc2Cl)ccc1[N+](=O)[O-].COc1cc(OC)nc(NC(=O)NS(=O)(=O)c2ncccc2C(=O)N(C)C)n1.O=C(Nc1nc(OC(F)F)cc(OC(F)F)n1)NS(=O)(=O)c1ccccc1C(=O)O. The molecule has 41 heteroatoms. The van der Waals surface area contributed by atoms with Crippen molar-refractivity contribution < 1.29 is 120 Å². The summed E-state index contributed by atoms with van der Waals surface area (Å²) in [5.41, 5.74) is -2.99. The molecule has 0 spiro atoms. The van der Waals surface area contributed by atoms with Crippen LogP contribution in [-0.2, 0) is 40.5 Å². The van der Waals surface area contributed by atoms with Crippen molar-refractivity contribution in [2.75, 3.05) is 52.2 Å². The predicted octanol–water partition coefficient (Wildman–Crippen LogP) is 6.77. The molecule has 0 saturated heterocycles. The van der Waals surface area contributed by atoms with Crippen LogP contribution in [0.4, 0.5) is 57.9 Å². The smallest absolute Gasteiger partial charge is 0.416 e. The van der Waals surface area contributed by atoms with Gasteiger partial charge in [-0.2, -0.15) is 59.1 Å². The normalized spacial score (nSPS) is 11.0. The minimum absolute atomic E-state index is 0.0493. The van der Waals surface area contributed by atoms with Crippen LogP contribution in [-0.4, -0.2) is 147 Å². The third kappa shape index (κ3) is 20.9. The number of aromatic carboxylic acids is 1. The summed E-state index contributed by atoms with van der Waals surface area (Å²) in [4.78, 5) is 99.5. The summed E-state index contributed by atoms with van der Waals surface area (Å²) in [5, 5.41) is 23.1. The van der Waals surface area contributed by atoms with Crippen LogP contribution in [0.5, 0.6) is 35.0 Å². The Labute approximate surface area is 494 Å².